The number of amides is 1. The van der Waals surface area contributed by atoms with Crippen molar-refractivity contribution >= 4 is 29.1 Å². The van der Waals surface area contributed by atoms with E-state index in [0.29, 0.717) is 16.4 Å². The molecule has 7 heteroatoms. The van der Waals surface area contributed by atoms with Gasteiger partial charge in [0.1, 0.15) is 0 Å². The molecule has 2 N–H and O–H groups in total. The molecule has 136 valence electrons. The number of thioether (sulfide) groups is 1. The largest absolute Gasteiger partial charge is 0.325 e. The van der Waals surface area contributed by atoms with Crippen LogP contribution in [0.5, 0.6) is 0 Å². The molecule has 6 nitrogen and oxygen atoms in total. The number of ketones is 1. The van der Waals surface area contributed by atoms with E-state index in [2.05, 4.69) is 15.3 Å². The minimum Gasteiger partial charge on any atom is -0.325 e. The first-order valence-corrected chi connectivity index (χ1v) is 9.52. The molecule has 0 aliphatic heterocycles. The maximum Gasteiger partial charge on any atom is 0.254 e. The molecule has 0 fully saturated rings. The SMILES string of the molecule is CC(=O)c1ccc(NC(=O)[C@H](C)Sc2nc3c(c(=O)[nH]2)CCCC3)cc1. The fraction of sp³-hybridized carbons (Fsp3) is 0.368. The van der Waals surface area contributed by atoms with Gasteiger partial charge in [0, 0.05) is 16.8 Å². The molecule has 26 heavy (non-hydrogen) atoms. The number of carbonyl (C=O) groups is 2. The number of aromatic amines is 1. The summed E-state index contributed by atoms with van der Waals surface area (Å²) in [5.41, 5.74) is 2.77. The second-order valence-electron chi connectivity index (χ2n) is 6.39. The van der Waals surface area contributed by atoms with Gasteiger partial charge in [0.15, 0.2) is 10.9 Å². The van der Waals surface area contributed by atoms with Crippen LogP contribution in [0.1, 0.15) is 48.3 Å². The molecule has 3 rings (SSSR count). The number of carbonyl (C=O) groups excluding carboxylic acids is 2. The Hall–Kier alpha value is -2.41. The summed E-state index contributed by atoms with van der Waals surface area (Å²) in [7, 11) is 0. The Labute approximate surface area is 155 Å². The van der Waals surface area contributed by atoms with Gasteiger partial charge in [-0.3, -0.25) is 14.4 Å². The maximum absolute atomic E-state index is 12.4. The van der Waals surface area contributed by atoms with E-state index in [0.717, 1.165) is 36.9 Å². The highest BCUT2D eigenvalue weighted by molar-refractivity contribution is 8.00. The van der Waals surface area contributed by atoms with Gasteiger partial charge >= 0.3 is 0 Å². The Morgan fingerprint density at radius 2 is 1.88 bits per heavy atom. The summed E-state index contributed by atoms with van der Waals surface area (Å²) in [4.78, 5) is 43.2. The van der Waals surface area contributed by atoms with Crippen molar-refractivity contribution in [3.05, 3.63) is 51.4 Å². The third-order valence-electron chi connectivity index (χ3n) is 4.39. The predicted octanol–water partition coefficient (Wildman–Crippen LogP) is 2.97. The molecular weight excluding hydrogens is 350 g/mol. The minimum absolute atomic E-state index is 0.0192. The smallest absolute Gasteiger partial charge is 0.254 e. The van der Waals surface area contributed by atoms with Crippen LogP contribution in [-0.4, -0.2) is 26.9 Å². The van der Waals surface area contributed by atoms with Gasteiger partial charge in [-0.15, -0.1) is 0 Å². The highest BCUT2D eigenvalue weighted by Gasteiger charge is 2.20. The van der Waals surface area contributed by atoms with Crippen LogP contribution in [0.3, 0.4) is 0 Å². The fourth-order valence-electron chi connectivity index (χ4n) is 2.89. The number of aromatic nitrogens is 2. The van der Waals surface area contributed by atoms with Crippen LogP contribution < -0.4 is 10.9 Å². The lowest BCUT2D eigenvalue weighted by Gasteiger charge is -2.16. The molecule has 0 bridgehead atoms. The van der Waals surface area contributed by atoms with E-state index in [1.165, 1.54) is 18.7 Å². The van der Waals surface area contributed by atoms with E-state index < -0.39 is 5.25 Å². The highest BCUT2D eigenvalue weighted by Crippen LogP contribution is 2.23. The van der Waals surface area contributed by atoms with Crippen molar-refractivity contribution in [3.8, 4) is 0 Å². The molecule has 1 aromatic heterocycles. The average Bonchev–Trinajstić information content (AvgIpc) is 2.62. The number of H-pyrrole nitrogens is 1. The molecule has 1 heterocycles. The molecule has 2 aromatic rings. The number of benzene rings is 1. The van der Waals surface area contributed by atoms with E-state index in [-0.39, 0.29) is 17.2 Å². The number of aryl methyl sites for hydroxylation is 1. The Kier molecular flexibility index (Phi) is 5.56. The third kappa shape index (κ3) is 4.22. The van der Waals surface area contributed by atoms with Crippen molar-refractivity contribution in [1.29, 1.82) is 0 Å². The van der Waals surface area contributed by atoms with E-state index in [1.54, 1.807) is 31.2 Å². The summed E-state index contributed by atoms with van der Waals surface area (Å²) in [6.45, 7) is 3.27. The average molecular weight is 371 g/mol. The number of fused-ring (bicyclic) bond motifs is 1. The van der Waals surface area contributed by atoms with Gasteiger partial charge < -0.3 is 10.3 Å². The van der Waals surface area contributed by atoms with Gasteiger partial charge in [-0.25, -0.2) is 4.98 Å². The van der Waals surface area contributed by atoms with Gasteiger partial charge in [-0.1, -0.05) is 11.8 Å². The normalized spacial score (nSPS) is 14.4. The Bertz CT molecular complexity index is 890. The van der Waals surface area contributed by atoms with Crippen LogP contribution in [0.25, 0.3) is 0 Å². The molecular formula is C19H21N3O3S. The number of rotatable bonds is 5. The number of hydrogen-bond donors (Lipinski definition) is 2. The number of hydrogen-bond acceptors (Lipinski definition) is 5. The molecule has 0 saturated carbocycles. The topological polar surface area (TPSA) is 91.9 Å². The summed E-state index contributed by atoms with van der Waals surface area (Å²) in [5, 5.41) is 2.87. The predicted molar refractivity (Wildman–Crippen MR) is 102 cm³/mol. The summed E-state index contributed by atoms with van der Waals surface area (Å²) in [6.07, 6.45) is 3.65. The van der Waals surface area contributed by atoms with Gasteiger partial charge in [0.25, 0.3) is 5.56 Å². The van der Waals surface area contributed by atoms with E-state index >= 15 is 0 Å². The zero-order valence-electron chi connectivity index (χ0n) is 14.8. The first kappa shape index (κ1) is 18.4. The lowest BCUT2D eigenvalue weighted by Crippen LogP contribution is -2.25. The van der Waals surface area contributed by atoms with Crippen molar-refractivity contribution in [1.82, 2.24) is 9.97 Å². The van der Waals surface area contributed by atoms with Crippen molar-refractivity contribution in [2.24, 2.45) is 0 Å². The zero-order chi connectivity index (χ0) is 18.7. The van der Waals surface area contributed by atoms with Crippen LogP contribution in [0.2, 0.25) is 0 Å². The Morgan fingerprint density at radius 3 is 2.58 bits per heavy atom. The summed E-state index contributed by atoms with van der Waals surface area (Å²) >= 11 is 1.23. The van der Waals surface area contributed by atoms with Crippen molar-refractivity contribution in [2.45, 2.75) is 49.9 Å². The zero-order valence-corrected chi connectivity index (χ0v) is 15.6. The minimum atomic E-state index is -0.424. The molecule has 1 amide bonds. The van der Waals surface area contributed by atoms with Crippen molar-refractivity contribution in [2.75, 3.05) is 5.32 Å². The van der Waals surface area contributed by atoms with E-state index in [1.807, 2.05) is 0 Å². The first-order valence-electron chi connectivity index (χ1n) is 8.64. The van der Waals surface area contributed by atoms with E-state index in [9.17, 15) is 14.4 Å². The molecule has 1 aliphatic carbocycles. The van der Waals surface area contributed by atoms with Crippen LogP contribution in [0.4, 0.5) is 5.69 Å². The second-order valence-corrected chi connectivity index (χ2v) is 7.72. The molecule has 0 saturated heterocycles. The summed E-state index contributed by atoms with van der Waals surface area (Å²) < 4.78 is 0. The molecule has 0 radical (unpaired) electrons. The molecule has 1 aromatic carbocycles. The van der Waals surface area contributed by atoms with Gasteiger partial charge in [-0.2, -0.15) is 0 Å². The molecule has 0 unspecified atom stereocenters. The lowest BCUT2D eigenvalue weighted by atomic mass is 9.97. The lowest BCUT2D eigenvalue weighted by molar-refractivity contribution is -0.115. The molecule has 1 atom stereocenters. The first-order chi connectivity index (χ1) is 12.4. The van der Waals surface area contributed by atoms with Crippen molar-refractivity contribution < 1.29 is 9.59 Å². The number of nitrogens with zero attached hydrogens (tertiary/aromatic N) is 1. The van der Waals surface area contributed by atoms with Gasteiger partial charge in [0.2, 0.25) is 5.91 Å². The Balaban J connectivity index is 1.66. The number of nitrogens with one attached hydrogen (secondary N) is 2. The van der Waals surface area contributed by atoms with Crippen LogP contribution in [-0.2, 0) is 17.6 Å². The second kappa shape index (κ2) is 7.86. The van der Waals surface area contributed by atoms with Crippen LogP contribution in [0, 0.1) is 0 Å². The molecule has 0 spiro atoms. The van der Waals surface area contributed by atoms with Crippen LogP contribution >= 0.6 is 11.8 Å². The summed E-state index contributed by atoms with van der Waals surface area (Å²) in [5.74, 6) is -0.208. The van der Waals surface area contributed by atoms with Crippen LogP contribution in [0.15, 0.2) is 34.2 Å². The van der Waals surface area contributed by atoms with Gasteiger partial charge in [0.05, 0.1) is 10.9 Å². The number of Topliss-reactive ketones (excluding diaryl/α,β-unsaturated/α-hetero) is 1. The highest BCUT2D eigenvalue weighted by atomic mass is 32.2. The molecule has 1 aliphatic rings. The monoisotopic (exact) mass is 371 g/mol. The quantitative estimate of drug-likeness (QED) is 0.479. The maximum atomic E-state index is 12.4. The summed E-state index contributed by atoms with van der Waals surface area (Å²) in [6, 6.07) is 6.76. The van der Waals surface area contributed by atoms with E-state index in [4.69, 9.17) is 0 Å². The standard InChI is InChI=1S/C19H21N3O3S/c1-11(23)13-7-9-14(10-8-13)20-17(24)12(2)26-19-21-16-6-4-3-5-15(16)18(25)22-19/h7-10,12H,3-6H2,1-2H3,(H,20,24)(H,21,22,25)/t12-/m0/s1. The van der Waals surface area contributed by atoms with Crippen molar-refractivity contribution in [3.63, 3.8) is 0 Å². The Morgan fingerprint density at radius 1 is 1.19 bits per heavy atom. The fourth-order valence-corrected chi connectivity index (χ4v) is 3.70. The number of anilines is 1. The van der Waals surface area contributed by atoms with Gasteiger partial charge in [-0.05, 0) is 63.8 Å². The third-order valence-corrected chi connectivity index (χ3v) is 5.37.